The Morgan fingerprint density at radius 3 is 1.71 bits per heavy atom. The maximum absolute atomic E-state index is 11.1. The fourth-order valence-electron chi connectivity index (χ4n) is 3.61. The van der Waals surface area contributed by atoms with E-state index in [1.54, 1.807) is 6.07 Å². The van der Waals surface area contributed by atoms with E-state index in [0.29, 0.717) is 17.4 Å². The van der Waals surface area contributed by atoms with Crippen LogP contribution < -0.4 is 5.73 Å². The van der Waals surface area contributed by atoms with Crippen LogP contribution in [-0.4, -0.2) is 19.0 Å². The number of primary amides is 1. The Bertz CT molecular complexity index is 617. The number of rotatable bonds is 7. The largest absolute Gasteiger partial charge is 0.469 e. The molecule has 0 radical (unpaired) electrons. The minimum atomic E-state index is -0.359. The normalized spacial score (nSPS) is 10.7. The molecule has 0 aliphatic heterocycles. The molecule has 0 saturated carbocycles. The molecule has 0 fully saturated rings. The molecule has 0 aliphatic carbocycles. The molecule has 0 spiro atoms. The van der Waals surface area contributed by atoms with Crippen LogP contribution in [0, 0.1) is 17.3 Å². The lowest BCUT2D eigenvalue weighted by atomic mass is 9.77. The van der Waals surface area contributed by atoms with E-state index >= 15 is 0 Å². The van der Waals surface area contributed by atoms with E-state index in [2.05, 4.69) is 52.3 Å². The summed E-state index contributed by atoms with van der Waals surface area (Å²) in [5.41, 5.74) is 6.81. The SMILES string of the molecule is CC.CC.CC(C)CC(C)(C)c1cccc(C(N)=O)c1.COC(=O)C(C)(C)CC(C)C. The molecule has 0 bridgehead atoms. The third kappa shape index (κ3) is 14.7. The molecular weight excluding hydrogens is 386 g/mol. The maximum Gasteiger partial charge on any atom is 0.311 e. The lowest BCUT2D eigenvalue weighted by Gasteiger charge is -2.27. The zero-order chi connectivity index (χ0) is 25.4. The van der Waals surface area contributed by atoms with Crippen LogP contribution in [0.25, 0.3) is 0 Å². The van der Waals surface area contributed by atoms with Gasteiger partial charge in [0.25, 0.3) is 0 Å². The molecule has 0 atom stereocenters. The number of hydrogen-bond acceptors (Lipinski definition) is 3. The maximum atomic E-state index is 11.1. The van der Waals surface area contributed by atoms with E-state index < -0.39 is 0 Å². The third-order valence-corrected chi connectivity index (χ3v) is 4.50. The predicted octanol–water partition coefficient (Wildman–Crippen LogP) is 7.39. The van der Waals surface area contributed by atoms with Crippen molar-refractivity contribution in [2.75, 3.05) is 7.11 Å². The first-order valence-electron chi connectivity index (χ1n) is 11.7. The van der Waals surface area contributed by atoms with Gasteiger partial charge < -0.3 is 10.5 Å². The minimum absolute atomic E-state index is 0.0830. The van der Waals surface area contributed by atoms with Gasteiger partial charge in [0.1, 0.15) is 0 Å². The van der Waals surface area contributed by atoms with Gasteiger partial charge in [-0.3, -0.25) is 9.59 Å². The Kier molecular flexibility index (Phi) is 18.3. The number of esters is 1. The summed E-state index contributed by atoms with van der Waals surface area (Å²) >= 11 is 0. The second kappa shape index (κ2) is 16.8. The molecule has 0 saturated heterocycles. The standard InChI is InChI=1S/C14H21NO.C9H18O2.2C2H6/c1-10(2)9-14(3,4)12-7-5-6-11(8-12)13(15)16;1-7(2)6-9(3,4)8(10)11-5;2*1-2/h5-8,10H,9H2,1-4H3,(H2,15,16);7H,6H2,1-5H3;2*1-2H3. The molecule has 1 aromatic rings. The molecule has 0 heterocycles. The van der Waals surface area contributed by atoms with E-state index in [0.717, 1.165) is 12.8 Å². The van der Waals surface area contributed by atoms with Gasteiger partial charge in [0.05, 0.1) is 12.5 Å². The van der Waals surface area contributed by atoms with Crippen LogP contribution >= 0.6 is 0 Å². The van der Waals surface area contributed by atoms with Crippen molar-refractivity contribution in [2.24, 2.45) is 23.0 Å². The molecule has 1 amide bonds. The van der Waals surface area contributed by atoms with E-state index in [4.69, 9.17) is 5.73 Å². The second-order valence-corrected chi connectivity index (χ2v) is 9.40. The molecule has 4 heteroatoms. The van der Waals surface area contributed by atoms with Crippen LogP contribution in [0.1, 0.15) is 112 Å². The van der Waals surface area contributed by atoms with Crippen LogP contribution in [0.15, 0.2) is 24.3 Å². The Hall–Kier alpha value is -1.84. The number of amides is 1. The topological polar surface area (TPSA) is 69.4 Å². The van der Waals surface area contributed by atoms with E-state index in [9.17, 15) is 9.59 Å². The van der Waals surface area contributed by atoms with Gasteiger partial charge in [-0.15, -0.1) is 0 Å². The zero-order valence-electron chi connectivity index (χ0n) is 22.7. The summed E-state index contributed by atoms with van der Waals surface area (Å²) in [7, 11) is 1.43. The fraction of sp³-hybridized carbons (Fsp3) is 0.704. The second-order valence-electron chi connectivity index (χ2n) is 9.40. The highest BCUT2D eigenvalue weighted by atomic mass is 16.5. The van der Waals surface area contributed by atoms with Crippen molar-refractivity contribution in [1.29, 1.82) is 0 Å². The van der Waals surface area contributed by atoms with Crippen molar-refractivity contribution in [2.45, 2.75) is 101 Å². The van der Waals surface area contributed by atoms with Crippen molar-refractivity contribution in [3.05, 3.63) is 35.4 Å². The van der Waals surface area contributed by atoms with Crippen molar-refractivity contribution in [3.8, 4) is 0 Å². The van der Waals surface area contributed by atoms with E-state index in [-0.39, 0.29) is 22.7 Å². The third-order valence-electron chi connectivity index (χ3n) is 4.50. The smallest absolute Gasteiger partial charge is 0.311 e. The van der Waals surface area contributed by atoms with E-state index in [1.807, 2.05) is 53.7 Å². The Labute approximate surface area is 193 Å². The summed E-state index contributed by atoms with van der Waals surface area (Å²) in [4.78, 5) is 22.3. The number of carbonyl (C=O) groups excluding carboxylic acids is 2. The Morgan fingerprint density at radius 2 is 1.35 bits per heavy atom. The summed E-state index contributed by atoms with van der Waals surface area (Å²) < 4.78 is 4.68. The molecule has 1 aromatic carbocycles. The molecule has 0 unspecified atom stereocenters. The number of hydrogen-bond donors (Lipinski definition) is 1. The summed E-state index contributed by atoms with van der Waals surface area (Å²) in [5.74, 6) is 0.685. The molecule has 1 rings (SSSR count). The summed E-state index contributed by atoms with van der Waals surface area (Å²) in [5, 5.41) is 0. The first-order chi connectivity index (χ1) is 14.2. The number of carbonyl (C=O) groups is 2. The Balaban J connectivity index is -0.000000458. The minimum Gasteiger partial charge on any atom is -0.469 e. The quantitative estimate of drug-likeness (QED) is 0.452. The van der Waals surface area contributed by atoms with Gasteiger partial charge in [0, 0.05) is 5.56 Å². The molecule has 2 N–H and O–H groups in total. The van der Waals surface area contributed by atoms with Crippen molar-refractivity contribution < 1.29 is 14.3 Å². The molecule has 31 heavy (non-hydrogen) atoms. The molecular formula is C27H51NO3. The van der Waals surface area contributed by atoms with Crippen LogP contribution in [0.5, 0.6) is 0 Å². The zero-order valence-corrected chi connectivity index (χ0v) is 22.7. The lowest BCUT2D eigenvalue weighted by molar-refractivity contribution is -0.151. The molecule has 0 aromatic heterocycles. The predicted molar refractivity (Wildman–Crippen MR) is 135 cm³/mol. The number of nitrogens with two attached hydrogens (primary N) is 1. The average molecular weight is 438 g/mol. The van der Waals surface area contributed by atoms with Crippen LogP contribution in [-0.2, 0) is 14.9 Å². The van der Waals surface area contributed by atoms with Crippen LogP contribution in [0.2, 0.25) is 0 Å². The van der Waals surface area contributed by atoms with Crippen LogP contribution in [0.4, 0.5) is 0 Å². The van der Waals surface area contributed by atoms with Crippen molar-refractivity contribution in [3.63, 3.8) is 0 Å². The van der Waals surface area contributed by atoms with Gasteiger partial charge in [-0.1, -0.05) is 81.4 Å². The fourth-order valence-corrected chi connectivity index (χ4v) is 3.61. The Morgan fingerprint density at radius 1 is 0.903 bits per heavy atom. The van der Waals surface area contributed by atoms with Crippen molar-refractivity contribution >= 4 is 11.9 Å². The monoisotopic (exact) mass is 437 g/mol. The molecule has 182 valence electrons. The van der Waals surface area contributed by atoms with Crippen molar-refractivity contribution in [1.82, 2.24) is 0 Å². The molecule has 0 aliphatic rings. The summed E-state index contributed by atoms with van der Waals surface area (Å²) in [6, 6.07) is 7.63. The first kappa shape index (κ1) is 33.8. The van der Waals surface area contributed by atoms with Gasteiger partial charge in [-0.2, -0.15) is 0 Å². The van der Waals surface area contributed by atoms with Gasteiger partial charge in [0.2, 0.25) is 5.91 Å². The average Bonchev–Trinajstić information content (AvgIpc) is 2.69. The summed E-state index contributed by atoms with van der Waals surface area (Å²) in [6.45, 7) is 24.9. The van der Waals surface area contributed by atoms with E-state index in [1.165, 1.54) is 12.7 Å². The van der Waals surface area contributed by atoms with Gasteiger partial charge in [0.15, 0.2) is 0 Å². The lowest BCUT2D eigenvalue weighted by Crippen LogP contribution is -2.27. The number of benzene rings is 1. The highest BCUT2D eigenvalue weighted by Crippen LogP contribution is 2.30. The van der Waals surface area contributed by atoms with Gasteiger partial charge in [-0.25, -0.2) is 0 Å². The van der Waals surface area contributed by atoms with Gasteiger partial charge >= 0.3 is 5.97 Å². The van der Waals surface area contributed by atoms with Gasteiger partial charge in [-0.05, 0) is 61.6 Å². The number of methoxy groups -OCH3 is 1. The highest BCUT2D eigenvalue weighted by molar-refractivity contribution is 5.92. The first-order valence-corrected chi connectivity index (χ1v) is 11.7. The molecule has 4 nitrogen and oxygen atoms in total. The summed E-state index contributed by atoms with van der Waals surface area (Å²) in [6.07, 6.45) is 1.97. The highest BCUT2D eigenvalue weighted by Gasteiger charge is 2.29. The number of ether oxygens (including phenoxy) is 1. The van der Waals surface area contributed by atoms with Crippen LogP contribution in [0.3, 0.4) is 0 Å².